The van der Waals surface area contributed by atoms with Crippen molar-refractivity contribution >= 4 is 29.4 Å². The van der Waals surface area contributed by atoms with Crippen molar-refractivity contribution in [3.8, 4) is 0 Å². The van der Waals surface area contributed by atoms with Gasteiger partial charge in [0.25, 0.3) is 5.91 Å². The third kappa shape index (κ3) is 5.70. The summed E-state index contributed by atoms with van der Waals surface area (Å²) in [6, 6.07) is 10.6. The smallest absolute Gasteiger partial charge is 0.337 e. The molecule has 1 heterocycles. The van der Waals surface area contributed by atoms with Crippen LogP contribution in [0.1, 0.15) is 40.7 Å². The highest BCUT2D eigenvalue weighted by molar-refractivity contribution is 7.10. The van der Waals surface area contributed by atoms with Crippen molar-refractivity contribution in [2.24, 2.45) is 11.1 Å². The van der Waals surface area contributed by atoms with Gasteiger partial charge in [-0.25, -0.2) is 4.79 Å². The number of benzene rings is 1. The van der Waals surface area contributed by atoms with E-state index in [0.717, 1.165) is 10.4 Å². The molecule has 1 unspecified atom stereocenters. The van der Waals surface area contributed by atoms with Crippen molar-refractivity contribution in [3.05, 3.63) is 57.8 Å². The minimum absolute atomic E-state index is 0.0408. The lowest BCUT2D eigenvalue weighted by Gasteiger charge is -2.20. The highest BCUT2D eigenvalue weighted by Crippen LogP contribution is 2.25. The second-order valence-corrected chi connectivity index (χ2v) is 6.91. The van der Waals surface area contributed by atoms with E-state index in [2.05, 4.69) is 29.1 Å². The highest BCUT2D eigenvalue weighted by Gasteiger charge is 2.19. The average molecular weight is 374 g/mol. The molecule has 0 saturated heterocycles. The number of thiophene rings is 1. The van der Waals surface area contributed by atoms with Crippen LogP contribution in [0.15, 0.2) is 46.9 Å². The molecule has 138 valence electrons. The van der Waals surface area contributed by atoms with Crippen LogP contribution in [-0.4, -0.2) is 31.8 Å². The van der Waals surface area contributed by atoms with Gasteiger partial charge in [-0.3, -0.25) is 4.79 Å². The predicted molar refractivity (Wildman–Crippen MR) is 101 cm³/mol. The van der Waals surface area contributed by atoms with E-state index in [9.17, 15) is 9.59 Å². The summed E-state index contributed by atoms with van der Waals surface area (Å²) in [4.78, 5) is 29.6. The number of rotatable bonds is 8. The Morgan fingerprint density at radius 2 is 1.96 bits per heavy atom. The number of esters is 1. The number of carbonyl (C=O) groups excluding carboxylic acids is 2. The Morgan fingerprint density at radius 1 is 1.23 bits per heavy atom. The quantitative estimate of drug-likeness (QED) is 0.436. The summed E-state index contributed by atoms with van der Waals surface area (Å²) in [5, 5.41) is 8.75. The molecule has 2 rings (SSSR count). The predicted octanol–water partition coefficient (Wildman–Crippen LogP) is 3.40. The molecule has 1 amide bonds. The highest BCUT2D eigenvalue weighted by atomic mass is 32.1. The molecule has 0 aliphatic rings. The molecule has 0 fully saturated rings. The molecule has 0 aliphatic carbocycles. The molecular formula is C19H22N2O4S. The van der Waals surface area contributed by atoms with E-state index in [4.69, 9.17) is 4.84 Å². The molecule has 0 spiro atoms. The number of hydrogen-bond donors (Lipinski definition) is 1. The summed E-state index contributed by atoms with van der Waals surface area (Å²) < 4.78 is 4.64. The summed E-state index contributed by atoms with van der Waals surface area (Å²) in [5.74, 6) is -0.350. The van der Waals surface area contributed by atoms with Gasteiger partial charge in [-0.15, -0.1) is 11.3 Å². The maximum Gasteiger partial charge on any atom is 0.337 e. The van der Waals surface area contributed by atoms with Gasteiger partial charge in [-0.05, 0) is 35.1 Å². The van der Waals surface area contributed by atoms with Crippen molar-refractivity contribution in [1.29, 1.82) is 0 Å². The van der Waals surface area contributed by atoms with E-state index in [0.29, 0.717) is 5.56 Å². The Bertz CT molecular complexity index is 739. The standard InChI is InChI=1S/C19H22N2O4S/c1-13(2)18(16-5-4-10-26-16)21-17(22)12-25-20-11-14-6-8-15(9-7-14)19(23)24-3/h4-11,13,18H,12H2,1-3H3,(H,21,22). The molecule has 7 heteroatoms. The molecule has 0 aliphatic heterocycles. The molecule has 1 aromatic heterocycles. The number of nitrogens with zero attached hydrogens (tertiary/aromatic N) is 1. The summed E-state index contributed by atoms with van der Waals surface area (Å²) in [6.07, 6.45) is 1.48. The van der Waals surface area contributed by atoms with E-state index < -0.39 is 5.97 Å². The third-order valence-corrected chi connectivity index (χ3v) is 4.59. The molecule has 0 saturated carbocycles. The minimum atomic E-state index is -0.396. The maximum absolute atomic E-state index is 12.1. The van der Waals surface area contributed by atoms with Gasteiger partial charge in [-0.2, -0.15) is 0 Å². The van der Waals surface area contributed by atoms with Gasteiger partial charge in [0.15, 0.2) is 6.61 Å². The second kappa shape index (κ2) is 9.72. The lowest BCUT2D eigenvalue weighted by Crippen LogP contribution is -2.33. The van der Waals surface area contributed by atoms with Crippen molar-refractivity contribution in [3.63, 3.8) is 0 Å². The van der Waals surface area contributed by atoms with Gasteiger partial charge < -0.3 is 14.9 Å². The summed E-state index contributed by atoms with van der Waals surface area (Å²) in [7, 11) is 1.33. The van der Waals surface area contributed by atoms with Crippen molar-refractivity contribution < 1.29 is 19.2 Å². The molecule has 1 aromatic carbocycles. The van der Waals surface area contributed by atoms with Crippen LogP contribution in [0, 0.1) is 5.92 Å². The van der Waals surface area contributed by atoms with Crippen LogP contribution in [0.3, 0.4) is 0 Å². The number of methoxy groups -OCH3 is 1. The fourth-order valence-corrected chi connectivity index (χ4v) is 3.22. The zero-order valence-corrected chi connectivity index (χ0v) is 15.8. The minimum Gasteiger partial charge on any atom is -0.465 e. The Labute approximate surface area is 156 Å². The van der Waals surface area contributed by atoms with E-state index >= 15 is 0 Å². The number of amides is 1. The number of nitrogens with one attached hydrogen (secondary N) is 1. The first kappa shape index (κ1) is 19.7. The first-order valence-corrected chi connectivity index (χ1v) is 9.05. The zero-order chi connectivity index (χ0) is 18.9. The van der Waals surface area contributed by atoms with Gasteiger partial charge in [0.1, 0.15) is 0 Å². The fraction of sp³-hybridized carbons (Fsp3) is 0.316. The number of carbonyl (C=O) groups is 2. The Kier molecular flexibility index (Phi) is 7.35. The molecule has 2 aromatic rings. The van der Waals surface area contributed by atoms with Crippen molar-refractivity contribution in [2.45, 2.75) is 19.9 Å². The number of ether oxygens (including phenoxy) is 1. The molecule has 0 bridgehead atoms. The Hall–Kier alpha value is -2.67. The van der Waals surface area contributed by atoms with Crippen LogP contribution in [0.2, 0.25) is 0 Å². The fourth-order valence-electron chi connectivity index (χ4n) is 2.27. The van der Waals surface area contributed by atoms with Crippen molar-refractivity contribution in [2.75, 3.05) is 13.7 Å². The number of oxime groups is 1. The Balaban J connectivity index is 1.82. The van der Waals surface area contributed by atoms with Crippen LogP contribution >= 0.6 is 11.3 Å². The van der Waals surface area contributed by atoms with Gasteiger partial charge in [-0.1, -0.05) is 37.2 Å². The van der Waals surface area contributed by atoms with E-state index in [1.54, 1.807) is 35.6 Å². The van der Waals surface area contributed by atoms with Gasteiger partial charge in [0.05, 0.1) is 24.9 Å². The maximum atomic E-state index is 12.1. The first-order chi connectivity index (χ1) is 12.5. The Morgan fingerprint density at radius 3 is 2.54 bits per heavy atom. The summed E-state index contributed by atoms with van der Waals surface area (Å²) in [6.45, 7) is 3.95. The third-order valence-electron chi connectivity index (χ3n) is 3.64. The zero-order valence-electron chi connectivity index (χ0n) is 15.0. The van der Waals surface area contributed by atoms with E-state index in [1.165, 1.54) is 13.3 Å². The molecule has 26 heavy (non-hydrogen) atoms. The lowest BCUT2D eigenvalue weighted by molar-refractivity contribution is -0.126. The summed E-state index contributed by atoms with van der Waals surface area (Å²) >= 11 is 1.61. The van der Waals surface area contributed by atoms with E-state index in [-0.39, 0.29) is 24.5 Å². The average Bonchev–Trinajstić information content (AvgIpc) is 3.17. The molecule has 1 N–H and O–H groups in total. The lowest BCUT2D eigenvalue weighted by atomic mass is 10.0. The first-order valence-electron chi connectivity index (χ1n) is 8.17. The normalized spacial score (nSPS) is 12.2. The van der Waals surface area contributed by atoms with Gasteiger partial charge in [0.2, 0.25) is 0 Å². The molecule has 0 radical (unpaired) electrons. The van der Waals surface area contributed by atoms with Crippen LogP contribution in [0.4, 0.5) is 0 Å². The van der Waals surface area contributed by atoms with Crippen LogP contribution in [0.25, 0.3) is 0 Å². The number of hydrogen-bond acceptors (Lipinski definition) is 6. The van der Waals surface area contributed by atoms with Gasteiger partial charge in [0, 0.05) is 4.88 Å². The summed E-state index contributed by atoms with van der Waals surface area (Å²) in [5.41, 5.74) is 1.20. The molecular weight excluding hydrogens is 352 g/mol. The monoisotopic (exact) mass is 374 g/mol. The van der Waals surface area contributed by atoms with E-state index in [1.807, 2.05) is 17.5 Å². The van der Waals surface area contributed by atoms with Crippen molar-refractivity contribution in [1.82, 2.24) is 5.32 Å². The molecule has 6 nitrogen and oxygen atoms in total. The van der Waals surface area contributed by atoms with Crippen LogP contribution in [0.5, 0.6) is 0 Å². The SMILES string of the molecule is COC(=O)c1ccc(C=NOCC(=O)NC(c2cccs2)C(C)C)cc1. The van der Waals surface area contributed by atoms with Crippen LogP contribution < -0.4 is 5.32 Å². The largest absolute Gasteiger partial charge is 0.465 e. The molecule has 1 atom stereocenters. The van der Waals surface area contributed by atoms with Crippen LogP contribution in [-0.2, 0) is 14.4 Å². The second-order valence-electron chi connectivity index (χ2n) is 5.93. The van der Waals surface area contributed by atoms with Gasteiger partial charge >= 0.3 is 5.97 Å². The topological polar surface area (TPSA) is 77.0 Å².